The zero-order valence-electron chi connectivity index (χ0n) is 11.5. The van der Waals surface area contributed by atoms with E-state index in [9.17, 15) is 4.39 Å². The molecule has 0 aliphatic rings. The third-order valence-electron chi connectivity index (χ3n) is 2.72. The van der Waals surface area contributed by atoms with Crippen molar-refractivity contribution in [2.24, 2.45) is 0 Å². The van der Waals surface area contributed by atoms with Gasteiger partial charge in [-0.15, -0.1) is 11.8 Å². The van der Waals surface area contributed by atoms with Crippen molar-refractivity contribution in [1.29, 1.82) is 0 Å². The van der Waals surface area contributed by atoms with Crippen molar-refractivity contribution in [3.05, 3.63) is 29.6 Å². The van der Waals surface area contributed by atoms with E-state index in [1.165, 1.54) is 6.07 Å². The Hall–Kier alpha value is -0.620. The standard InChI is InChI=1S/C14H22FNO2S/c1-11(6-8-17)19-14-5-3-4-13(15)12(14)10-16-7-9-18-2/h3-5,11,16-17H,6-10H2,1-2H3. The molecule has 0 radical (unpaired) electrons. The largest absolute Gasteiger partial charge is 0.396 e. The van der Waals surface area contributed by atoms with E-state index in [1.54, 1.807) is 24.9 Å². The second-order valence-electron chi connectivity index (χ2n) is 4.33. The number of aliphatic hydroxyl groups excluding tert-OH is 1. The van der Waals surface area contributed by atoms with Crippen LogP contribution in [0.2, 0.25) is 0 Å². The molecular weight excluding hydrogens is 265 g/mol. The Morgan fingerprint density at radius 1 is 1.47 bits per heavy atom. The van der Waals surface area contributed by atoms with Crippen LogP contribution in [0.25, 0.3) is 0 Å². The number of thioether (sulfide) groups is 1. The molecule has 1 aromatic carbocycles. The number of methoxy groups -OCH3 is 1. The van der Waals surface area contributed by atoms with Crippen molar-refractivity contribution in [2.45, 2.75) is 30.0 Å². The summed E-state index contributed by atoms with van der Waals surface area (Å²) < 4.78 is 18.8. The molecule has 19 heavy (non-hydrogen) atoms. The number of hydrogen-bond acceptors (Lipinski definition) is 4. The Labute approximate surface area is 118 Å². The maximum Gasteiger partial charge on any atom is 0.128 e. The summed E-state index contributed by atoms with van der Waals surface area (Å²) in [5, 5.41) is 12.4. The van der Waals surface area contributed by atoms with E-state index < -0.39 is 0 Å². The van der Waals surface area contributed by atoms with Gasteiger partial charge >= 0.3 is 0 Å². The lowest BCUT2D eigenvalue weighted by molar-refractivity contribution is 0.199. The molecule has 0 saturated carbocycles. The molecule has 5 heteroatoms. The fourth-order valence-electron chi connectivity index (χ4n) is 1.67. The smallest absolute Gasteiger partial charge is 0.128 e. The van der Waals surface area contributed by atoms with Crippen molar-refractivity contribution in [1.82, 2.24) is 5.32 Å². The molecule has 0 aliphatic heterocycles. The number of halogens is 1. The summed E-state index contributed by atoms with van der Waals surface area (Å²) in [6.07, 6.45) is 0.706. The monoisotopic (exact) mass is 287 g/mol. The number of aliphatic hydroxyl groups is 1. The summed E-state index contributed by atoms with van der Waals surface area (Å²) in [6, 6.07) is 5.13. The maximum absolute atomic E-state index is 13.9. The van der Waals surface area contributed by atoms with E-state index in [-0.39, 0.29) is 17.7 Å². The van der Waals surface area contributed by atoms with E-state index in [2.05, 4.69) is 5.32 Å². The second kappa shape index (κ2) is 9.31. The summed E-state index contributed by atoms with van der Waals surface area (Å²) in [5.74, 6) is -0.189. The van der Waals surface area contributed by atoms with Gasteiger partial charge in [0, 0.05) is 42.5 Å². The number of benzene rings is 1. The molecule has 0 aliphatic carbocycles. The topological polar surface area (TPSA) is 41.5 Å². The molecule has 108 valence electrons. The van der Waals surface area contributed by atoms with Crippen LogP contribution in [0.1, 0.15) is 18.9 Å². The predicted octanol–water partition coefficient (Wildman–Crippen LogP) is 2.42. The molecule has 0 saturated heterocycles. The van der Waals surface area contributed by atoms with Gasteiger partial charge in [0.15, 0.2) is 0 Å². The van der Waals surface area contributed by atoms with Gasteiger partial charge in [0.2, 0.25) is 0 Å². The first-order chi connectivity index (χ1) is 9.19. The molecular formula is C14H22FNO2S. The van der Waals surface area contributed by atoms with Crippen LogP contribution in [-0.2, 0) is 11.3 Å². The van der Waals surface area contributed by atoms with Crippen molar-refractivity contribution in [2.75, 3.05) is 26.9 Å². The fraction of sp³-hybridized carbons (Fsp3) is 0.571. The van der Waals surface area contributed by atoms with Crippen LogP contribution in [0.15, 0.2) is 23.1 Å². The van der Waals surface area contributed by atoms with Crippen molar-refractivity contribution in [3.63, 3.8) is 0 Å². The maximum atomic E-state index is 13.9. The van der Waals surface area contributed by atoms with Crippen LogP contribution in [0, 0.1) is 5.82 Å². The Kier molecular flexibility index (Phi) is 8.05. The lowest BCUT2D eigenvalue weighted by Gasteiger charge is -2.14. The van der Waals surface area contributed by atoms with Crippen molar-refractivity contribution >= 4 is 11.8 Å². The molecule has 0 heterocycles. The Morgan fingerprint density at radius 3 is 2.95 bits per heavy atom. The lowest BCUT2D eigenvalue weighted by Crippen LogP contribution is -2.19. The normalized spacial score (nSPS) is 12.6. The van der Waals surface area contributed by atoms with Crippen LogP contribution in [0.5, 0.6) is 0 Å². The van der Waals surface area contributed by atoms with Gasteiger partial charge in [0.05, 0.1) is 6.61 Å². The highest BCUT2D eigenvalue weighted by Crippen LogP contribution is 2.29. The quantitative estimate of drug-likeness (QED) is 0.541. The summed E-state index contributed by atoms with van der Waals surface area (Å²) in [5.41, 5.74) is 0.688. The molecule has 0 spiro atoms. The fourth-order valence-corrected chi connectivity index (χ4v) is 2.79. The highest BCUT2D eigenvalue weighted by Gasteiger charge is 2.11. The summed E-state index contributed by atoms with van der Waals surface area (Å²) in [7, 11) is 1.64. The Morgan fingerprint density at radius 2 is 2.26 bits per heavy atom. The molecule has 0 bridgehead atoms. The van der Waals surface area contributed by atoms with Gasteiger partial charge in [-0.05, 0) is 18.6 Å². The third kappa shape index (κ3) is 5.91. The van der Waals surface area contributed by atoms with Gasteiger partial charge in [-0.25, -0.2) is 4.39 Å². The molecule has 1 rings (SSSR count). The van der Waals surface area contributed by atoms with Crippen LogP contribution >= 0.6 is 11.8 Å². The molecule has 0 aromatic heterocycles. The van der Waals surface area contributed by atoms with E-state index in [0.717, 1.165) is 4.90 Å². The number of rotatable bonds is 9. The van der Waals surface area contributed by atoms with Crippen molar-refractivity contribution in [3.8, 4) is 0 Å². The van der Waals surface area contributed by atoms with Gasteiger partial charge in [-0.2, -0.15) is 0 Å². The van der Waals surface area contributed by atoms with E-state index in [0.29, 0.717) is 31.7 Å². The number of ether oxygens (including phenoxy) is 1. The summed E-state index contributed by atoms with van der Waals surface area (Å²) in [4.78, 5) is 0.936. The predicted molar refractivity (Wildman–Crippen MR) is 77.0 cm³/mol. The van der Waals surface area contributed by atoms with Gasteiger partial charge < -0.3 is 15.2 Å². The first-order valence-corrected chi connectivity index (χ1v) is 7.31. The van der Waals surface area contributed by atoms with Gasteiger partial charge in [0.25, 0.3) is 0 Å². The van der Waals surface area contributed by atoms with Gasteiger partial charge in [-0.3, -0.25) is 0 Å². The van der Waals surface area contributed by atoms with Crippen LogP contribution in [0.3, 0.4) is 0 Å². The minimum Gasteiger partial charge on any atom is -0.396 e. The zero-order chi connectivity index (χ0) is 14.1. The zero-order valence-corrected chi connectivity index (χ0v) is 12.3. The first-order valence-electron chi connectivity index (χ1n) is 6.43. The van der Waals surface area contributed by atoms with Crippen molar-refractivity contribution < 1.29 is 14.2 Å². The second-order valence-corrected chi connectivity index (χ2v) is 5.81. The summed E-state index contributed by atoms with van der Waals surface area (Å²) in [6.45, 7) is 3.99. The highest BCUT2D eigenvalue weighted by molar-refractivity contribution is 8.00. The summed E-state index contributed by atoms with van der Waals surface area (Å²) >= 11 is 1.60. The van der Waals surface area contributed by atoms with E-state index >= 15 is 0 Å². The van der Waals surface area contributed by atoms with Gasteiger partial charge in [-0.1, -0.05) is 13.0 Å². The van der Waals surface area contributed by atoms with Crippen LogP contribution in [0.4, 0.5) is 4.39 Å². The molecule has 2 N–H and O–H groups in total. The average Bonchev–Trinajstić information content (AvgIpc) is 2.37. The molecule has 1 unspecified atom stereocenters. The molecule has 0 amide bonds. The minimum atomic E-state index is -0.189. The first kappa shape index (κ1) is 16.4. The van der Waals surface area contributed by atoms with E-state index in [4.69, 9.17) is 9.84 Å². The lowest BCUT2D eigenvalue weighted by atomic mass is 10.2. The SMILES string of the molecule is COCCNCc1c(F)cccc1SC(C)CCO. The van der Waals surface area contributed by atoms with E-state index in [1.807, 2.05) is 13.0 Å². The van der Waals surface area contributed by atoms with Crippen LogP contribution < -0.4 is 5.32 Å². The highest BCUT2D eigenvalue weighted by atomic mass is 32.2. The molecule has 0 fully saturated rings. The molecule has 1 aromatic rings. The number of hydrogen-bond donors (Lipinski definition) is 2. The Balaban J connectivity index is 2.66. The van der Waals surface area contributed by atoms with Gasteiger partial charge in [0.1, 0.15) is 5.82 Å². The minimum absolute atomic E-state index is 0.158. The average molecular weight is 287 g/mol. The molecule has 1 atom stereocenters. The van der Waals surface area contributed by atoms with Crippen LogP contribution in [-0.4, -0.2) is 37.2 Å². The number of nitrogens with one attached hydrogen (secondary N) is 1. The Bertz CT molecular complexity index is 376. The molecule has 3 nitrogen and oxygen atoms in total. The third-order valence-corrected chi connectivity index (χ3v) is 4.00.